The predicted molar refractivity (Wildman–Crippen MR) is 520 cm³/mol. The van der Waals surface area contributed by atoms with E-state index in [2.05, 4.69) is 30.6 Å². The summed E-state index contributed by atoms with van der Waals surface area (Å²) in [5.41, 5.74) is 10.2. The molecule has 46 nitrogen and oxygen atoms in total. The molecule has 46 heteroatoms. The zero-order chi connectivity index (χ0) is 104. The van der Waals surface area contributed by atoms with Crippen LogP contribution >= 0.6 is 0 Å². The molecular weight excluding hydrogens is 1900 g/mol. The first-order valence-electron chi connectivity index (χ1n) is 46.3. The molecular formula is C98H135N9O37. The highest BCUT2D eigenvalue weighted by atomic mass is 16.6. The second-order valence-corrected chi connectivity index (χ2v) is 29.9. The van der Waals surface area contributed by atoms with Crippen molar-refractivity contribution >= 4 is 68.8 Å². The number of nitrogens with one attached hydrogen (secondary N) is 1. The van der Waals surface area contributed by atoms with E-state index in [9.17, 15) is 49.1 Å². The van der Waals surface area contributed by atoms with E-state index in [0.29, 0.717) is 273 Å². The summed E-state index contributed by atoms with van der Waals surface area (Å²) in [6, 6.07) is 31.6. The Morgan fingerprint density at radius 1 is 0.319 bits per heavy atom. The Kier molecular flexibility index (Phi) is 70.7. The van der Waals surface area contributed by atoms with Gasteiger partial charge in [0.05, 0.1) is 318 Å². The van der Waals surface area contributed by atoms with E-state index in [1.54, 1.807) is 24.3 Å². The van der Waals surface area contributed by atoms with Crippen molar-refractivity contribution in [3.8, 4) is 11.5 Å². The fourth-order valence-electron chi connectivity index (χ4n) is 11.9. The fourth-order valence-corrected chi connectivity index (χ4v) is 11.9. The number of carbonyl (C=O) groups is 6. The van der Waals surface area contributed by atoms with Gasteiger partial charge >= 0.3 is 0 Å². The standard InChI is InChI=1S/C44H56N4O12.C32H44O14.C10H12O2.C6H7N3O2.C4H10O3.2CH3NO2/c49-43-35-27-41(47-45-39-7-3-1-4-8-39)28-36(43)32-58-24-20-54-16-12-52-14-18-56-22-26-60-34-38-30-42(48-46-40-9-5-2-6-10-40)29-37(44(38)50)33-59-25-21-55-17-13-51-11-15-53-19-23-57-31-35;33-29-17-25-21-43-13-9-39-5-1-37-2-6-40-10-14-44-22-26-18-30(34)20-28(32(26)36)24-46-16-12-42-8-4-38-3-7-41-11-15-45-23-27(19-29)31(25)35;1-3-7-5-9(11)6-8(4-2)10(7)12;7-8-5-1-3-6(4-2-5)9(10)11;5-1-3-7-4-2-6;2*1-2(3)4/h1-10,27-30,49-50H,11-26,31-34H2;17-20H,1-16,21-24H2;5-6H,3-4H2,1-2H3;1-4,8H,7H2;5-6H,1-4H2;2*1H3. The van der Waals surface area contributed by atoms with Crippen molar-refractivity contribution < 1.29 is 163 Å². The lowest BCUT2D eigenvalue weighted by molar-refractivity contribution is -0.445. The van der Waals surface area contributed by atoms with Gasteiger partial charge in [0.25, 0.3) is 5.69 Å². The highest BCUT2D eigenvalue weighted by molar-refractivity contribution is 6.22. The number of Topliss-reactive ketones (excluding diaryl/α,β-unsaturated/α-hetero) is 3. The number of nitrogens with two attached hydrogens (primary N) is 1. The molecule has 1 saturated heterocycles. The third-order valence-corrected chi connectivity index (χ3v) is 18.7. The molecule has 3 aliphatic carbocycles. The number of allylic oxidation sites excluding steroid dienone is 8. The number of ketones is 6. The van der Waals surface area contributed by atoms with Crippen LogP contribution in [0, 0.1) is 30.3 Å². The molecule has 1 fully saturated rings. The topological polar surface area (TPSA) is 594 Å². The first-order valence-corrected chi connectivity index (χ1v) is 46.3. The molecule has 144 heavy (non-hydrogen) atoms. The van der Waals surface area contributed by atoms with Crippen LogP contribution in [0.4, 0.5) is 34.1 Å². The predicted octanol–water partition coefficient (Wildman–Crippen LogP) is 9.45. The molecule has 10 rings (SSSR count). The molecule has 5 aliphatic rings. The number of hydrazine groups is 1. The van der Waals surface area contributed by atoms with Gasteiger partial charge in [-0.15, -0.1) is 0 Å². The maximum absolute atomic E-state index is 12.7. The minimum absolute atomic E-state index is 0.00509. The quantitative estimate of drug-likeness (QED) is 0.0169. The Hall–Kier alpha value is -11.6. The summed E-state index contributed by atoms with van der Waals surface area (Å²) in [7, 11) is 1.78. The van der Waals surface area contributed by atoms with Crippen LogP contribution in [0.25, 0.3) is 0 Å². The summed E-state index contributed by atoms with van der Waals surface area (Å²) in [5, 5.41) is 83.4. The van der Waals surface area contributed by atoms with Gasteiger partial charge in [0.1, 0.15) is 11.5 Å². The number of aromatic hydroxyl groups is 2. The maximum Gasteiger partial charge on any atom is 0.269 e. The van der Waals surface area contributed by atoms with E-state index in [4.69, 9.17) is 131 Å². The van der Waals surface area contributed by atoms with Gasteiger partial charge in [0, 0.05) is 83.4 Å². The van der Waals surface area contributed by atoms with Gasteiger partial charge in [-0.05, 0) is 110 Å². The lowest BCUT2D eigenvalue weighted by Crippen LogP contribution is -2.22. The first kappa shape index (κ1) is 125. The molecule has 0 spiro atoms. The van der Waals surface area contributed by atoms with Crippen LogP contribution in [0.2, 0.25) is 0 Å². The zero-order valence-electron chi connectivity index (χ0n) is 81.9. The van der Waals surface area contributed by atoms with Gasteiger partial charge in [0.15, 0.2) is 48.8 Å². The summed E-state index contributed by atoms with van der Waals surface area (Å²) in [4.78, 5) is 98.2. The second-order valence-electron chi connectivity index (χ2n) is 29.9. The molecule has 0 aromatic heterocycles. The number of fused-ring (bicyclic) bond motifs is 8. The van der Waals surface area contributed by atoms with Gasteiger partial charge in [-0.1, -0.05) is 50.2 Å². The number of phenolic OH excluding ortho intramolecular Hbond substituents is 2. The second kappa shape index (κ2) is 81.7. The number of hydrogen-bond donors (Lipinski definition) is 6. The van der Waals surface area contributed by atoms with Crippen molar-refractivity contribution in [1.29, 1.82) is 0 Å². The Morgan fingerprint density at radius 3 is 0.750 bits per heavy atom. The number of carbonyl (C=O) groups excluding carboxylic acids is 6. The average molecular weight is 2030 g/mol. The summed E-state index contributed by atoms with van der Waals surface area (Å²) >= 11 is 0. The molecule has 0 radical (unpaired) electrons. The average Bonchev–Trinajstić information content (AvgIpc) is 0.775. The number of ether oxygens (including phenoxy) is 21. The Labute approximate surface area is 835 Å². The van der Waals surface area contributed by atoms with Gasteiger partial charge in [0.2, 0.25) is 0 Å². The summed E-state index contributed by atoms with van der Waals surface area (Å²) in [5.74, 6) is 4.07. The molecule has 0 saturated carbocycles. The van der Waals surface area contributed by atoms with Crippen molar-refractivity contribution in [2.24, 2.45) is 26.3 Å². The van der Waals surface area contributed by atoms with Crippen LogP contribution in [0.1, 0.15) is 48.9 Å². The maximum atomic E-state index is 12.7. The van der Waals surface area contributed by atoms with Crippen LogP contribution in [0.3, 0.4) is 0 Å². The number of nitrogen functional groups attached to an aromatic ring is 1. The normalized spacial score (nSPS) is 18.0. The van der Waals surface area contributed by atoms with Crippen molar-refractivity contribution in [2.45, 2.75) is 53.1 Å². The lowest BCUT2D eigenvalue weighted by Gasteiger charge is -2.15. The third kappa shape index (κ3) is 60.2. The number of azo groups is 2. The number of hydrogen-bond acceptors (Lipinski definition) is 43. The van der Waals surface area contributed by atoms with Gasteiger partial charge in [-0.3, -0.25) is 65.0 Å². The van der Waals surface area contributed by atoms with E-state index in [0.717, 1.165) is 14.1 Å². The number of aliphatic hydroxyl groups is 2. The molecule has 5 aromatic rings. The molecule has 7 N–H and O–H groups in total. The van der Waals surface area contributed by atoms with Crippen LogP contribution in [0.15, 0.2) is 200 Å². The first-order chi connectivity index (χ1) is 70.0. The van der Waals surface area contributed by atoms with E-state index in [1.165, 1.54) is 60.7 Å². The molecule has 794 valence electrons. The number of non-ortho nitro benzene ring substituents is 1. The number of phenols is 2. The van der Waals surface area contributed by atoms with Crippen LogP contribution in [0.5, 0.6) is 11.5 Å². The number of nitro groups is 3. The third-order valence-electron chi connectivity index (χ3n) is 18.7. The summed E-state index contributed by atoms with van der Waals surface area (Å²) < 4.78 is 117. The number of aliphatic hydroxyl groups excluding tert-OH is 2. The van der Waals surface area contributed by atoms with Crippen molar-refractivity contribution in [1.82, 2.24) is 0 Å². The highest BCUT2D eigenvalue weighted by Crippen LogP contribution is 2.34. The molecule has 0 atom stereocenters. The Bertz CT molecular complexity index is 4370. The van der Waals surface area contributed by atoms with Gasteiger partial charge in [-0.25, -0.2) is 0 Å². The Balaban J connectivity index is 0.000000445. The molecule has 2 heterocycles. The minimum Gasteiger partial charge on any atom is -0.507 e. The van der Waals surface area contributed by atoms with E-state index in [1.807, 2.05) is 74.5 Å². The Morgan fingerprint density at radius 2 is 0.535 bits per heavy atom. The number of nitro benzene ring substituents is 1. The van der Waals surface area contributed by atoms with Crippen molar-refractivity contribution in [2.75, 3.05) is 284 Å². The van der Waals surface area contributed by atoms with Crippen LogP contribution in [-0.2, 0) is 155 Å². The zero-order valence-corrected chi connectivity index (χ0v) is 81.9. The van der Waals surface area contributed by atoms with Gasteiger partial charge in [-0.2, -0.15) is 20.5 Å². The van der Waals surface area contributed by atoms with Crippen LogP contribution in [-0.4, -0.2) is 348 Å². The number of nitrogens with zero attached hydrogens (tertiary/aromatic N) is 7. The SMILES string of the molecule is CCC1=CC(=O)C=C(CC)C1=O.C[N+](=O)[O-].C[N+](=O)[O-].NNc1ccc([N+](=O)[O-])cc1.O=C1C=C2COCCOCCOCCOCCOCC3=CC(=O)C=C(COCCOCCOCCOCCOCC(=C1)C2=O)C3=O.OCCOCCO.Oc1c2cc(N=Nc3ccccc3)cc1COCCOCCOCCOCCOCc1cc(N=Nc3ccccc3)cc(c1O)COCCOCCOCCOCCOC2. The molecule has 0 unspecified atom stereocenters. The van der Waals surface area contributed by atoms with E-state index < -0.39 is 14.8 Å². The van der Waals surface area contributed by atoms with E-state index >= 15 is 0 Å². The molecule has 0 amide bonds. The van der Waals surface area contributed by atoms with Crippen molar-refractivity contribution in [3.05, 3.63) is 232 Å². The number of anilines is 1. The lowest BCUT2D eigenvalue weighted by atomic mass is 9.93. The monoisotopic (exact) mass is 2030 g/mol. The molecule has 5 aromatic carbocycles. The number of benzene rings is 5. The van der Waals surface area contributed by atoms with E-state index in [-0.39, 0.29) is 167 Å². The largest absolute Gasteiger partial charge is 0.507 e. The summed E-state index contributed by atoms with van der Waals surface area (Å²) in [6.07, 6.45) is 9.25. The van der Waals surface area contributed by atoms with Gasteiger partial charge < -0.3 is 125 Å². The minimum atomic E-state index is -0.500. The van der Waals surface area contributed by atoms with Crippen molar-refractivity contribution in [3.63, 3.8) is 0 Å². The molecule has 2 aliphatic heterocycles. The van der Waals surface area contributed by atoms with Crippen LogP contribution < -0.4 is 11.3 Å². The fraction of sp³-hybridized carbons (Fsp3) is 0.510. The summed E-state index contributed by atoms with van der Waals surface area (Å²) in [6.45, 7) is 15.8. The smallest absolute Gasteiger partial charge is 0.269 e. The molecule has 8 bridgehead atoms. The highest BCUT2D eigenvalue weighted by Gasteiger charge is 2.25. The number of rotatable bonds is 12.